The fourth-order valence-corrected chi connectivity index (χ4v) is 5.84. The molecule has 5 rings (SSSR count). The lowest BCUT2D eigenvalue weighted by molar-refractivity contribution is 0.753. The first-order valence-corrected chi connectivity index (χ1v) is 11.3. The van der Waals surface area contributed by atoms with Crippen LogP contribution >= 0.6 is 31.9 Å². The average Bonchev–Trinajstić information content (AvgIpc) is 3.01. The summed E-state index contributed by atoms with van der Waals surface area (Å²) in [5.74, 6) is 0. The molecular formula is C27H20Br2. The van der Waals surface area contributed by atoms with Gasteiger partial charge in [-0.15, -0.1) is 0 Å². The molecule has 4 aromatic carbocycles. The number of aryl methyl sites for hydroxylation is 2. The Balaban J connectivity index is 2.02. The van der Waals surface area contributed by atoms with E-state index in [9.17, 15) is 0 Å². The van der Waals surface area contributed by atoms with Crippen molar-refractivity contribution in [1.29, 1.82) is 0 Å². The predicted octanol–water partition coefficient (Wildman–Crippen LogP) is 8.19. The second kappa shape index (κ2) is 6.97. The summed E-state index contributed by atoms with van der Waals surface area (Å²) >= 11 is 7.40. The Morgan fingerprint density at radius 1 is 0.517 bits per heavy atom. The highest BCUT2D eigenvalue weighted by Gasteiger charge is 2.47. The lowest BCUT2D eigenvalue weighted by atomic mass is 9.65. The molecule has 0 radical (unpaired) electrons. The van der Waals surface area contributed by atoms with Crippen LogP contribution in [0.5, 0.6) is 0 Å². The van der Waals surface area contributed by atoms with E-state index >= 15 is 0 Å². The van der Waals surface area contributed by atoms with Gasteiger partial charge < -0.3 is 0 Å². The van der Waals surface area contributed by atoms with Crippen LogP contribution in [0.2, 0.25) is 0 Å². The third-order valence-electron chi connectivity index (χ3n) is 6.15. The van der Waals surface area contributed by atoms with E-state index in [2.05, 4.69) is 131 Å². The topological polar surface area (TPSA) is 0 Å². The van der Waals surface area contributed by atoms with Gasteiger partial charge >= 0.3 is 0 Å². The van der Waals surface area contributed by atoms with Crippen LogP contribution in [-0.4, -0.2) is 0 Å². The number of rotatable bonds is 2. The molecule has 0 amide bonds. The van der Waals surface area contributed by atoms with Gasteiger partial charge in [0, 0.05) is 8.95 Å². The Hall–Kier alpha value is -2.16. The Morgan fingerprint density at radius 2 is 1.07 bits per heavy atom. The molecule has 0 spiro atoms. The molecular weight excluding hydrogens is 484 g/mol. The molecule has 0 aliphatic heterocycles. The van der Waals surface area contributed by atoms with Gasteiger partial charge in [-0.25, -0.2) is 0 Å². The highest BCUT2D eigenvalue weighted by atomic mass is 79.9. The summed E-state index contributed by atoms with van der Waals surface area (Å²) in [6, 6.07) is 31.1. The Kier molecular flexibility index (Phi) is 4.53. The molecule has 2 heteroatoms. The third kappa shape index (κ3) is 2.69. The van der Waals surface area contributed by atoms with Crippen molar-refractivity contribution in [1.82, 2.24) is 0 Å². The summed E-state index contributed by atoms with van der Waals surface area (Å²) in [5.41, 5.74) is 10.3. The summed E-state index contributed by atoms with van der Waals surface area (Å²) in [4.78, 5) is 0. The molecule has 29 heavy (non-hydrogen) atoms. The van der Waals surface area contributed by atoms with Crippen LogP contribution < -0.4 is 0 Å². The molecule has 142 valence electrons. The molecule has 1 aliphatic rings. The average molecular weight is 504 g/mol. The van der Waals surface area contributed by atoms with E-state index in [1.54, 1.807) is 0 Å². The van der Waals surface area contributed by atoms with Gasteiger partial charge in [-0.2, -0.15) is 0 Å². The van der Waals surface area contributed by atoms with Crippen LogP contribution in [-0.2, 0) is 5.41 Å². The molecule has 0 saturated carbocycles. The zero-order chi connectivity index (χ0) is 20.2. The number of benzene rings is 4. The molecule has 0 fully saturated rings. The predicted molar refractivity (Wildman–Crippen MR) is 129 cm³/mol. The number of hydrogen-bond acceptors (Lipinski definition) is 0. The smallest absolute Gasteiger partial charge is 0.0619 e. The SMILES string of the molecule is Cc1cc(Br)ccc1C1(c2cc(Br)ccc2C)c2ccccc2-c2ccccc21. The Bertz CT molecular complexity index is 1210. The van der Waals surface area contributed by atoms with Crippen molar-refractivity contribution in [2.75, 3.05) is 0 Å². The molecule has 0 aromatic heterocycles. The van der Waals surface area contributed by atoms with Gasteiger partial charge in [0.1, 0.15) is 0 Å². The Morgan fingerprint density at radius 3 is 1.69 bits per heavy atom. The van der Waals surface area contributed by atoms with E-state index < -0.39 is 0 Å². The number of halogens is 2. The quantitative estimate of drug-likeness (QED) is 0.228. The van der Waals surface area contributed by atoms with Crippen LogP contribution in [0.4, 0.5) is 0 Å². The van der Waals surface area contributed by atoms with Gasteiger partial charge in [0.15, 0.2) is 0 Å². The first kappa shape index (κ1) is 18.8. The van der Waals surface area contributed by atoms with Gasteiger partial charge in [0.25, 0.3) is 0 Å². The van der Waals surface area contributed by atoms with Crippen molar-refractivity contribution in [2.24, 2.45) is 0 Å². The molecule has 0 nitrogen and oxygen atoms in total. The molecule has 0 heterocycles. The maximum Gasteiger partial charge on any atom is 0.0719 e. The van der Waals surface area contributed by atoms with E-state index in [1.807, 2.05) is 0 Å². The molecule has 0 atom stereocenters. The minimum atomic E-state index is -0.341. The summed E-state index contributed by atoms with van der Waals surface area (Å²) in [5, 5.41) is 0. The van der Waals surface area contributed by atoms with Crippen LogP contribution in [0.25, 0.3) is 11.1 Å². The minimum absolute atomic E-state index is 0.341. The van der Waals surface area contributed by atoms with Crippen LogP contribution in [0.3, 0.4) is 0 Å². The Labute approximate surface area is 188 Å². The highest BCUT2D eigenvalue weighted by Crippen LogP contribution is 2.57. The first-order chi connectivity index (χ1) is 14.0. The van der Waals surface area contributed by atoms with Gasteiger partial charge in [-0.05, 0) is 82.6 Å². The molecule has 4 aromatic rings. The summed E-state index contributed by atoms with van der Waals surface area (Å²) in [6.45, 7) is 4.44. The number of fused-ring (bicyclic) bond motifs is 3. The monoisotopic (exact) mass is 502 g/mol. The van der Waals surface area contributed by atoms with Crippen molar-refractivity contribution in [3.05, 3.63) is 127 Å². The van der Waals surface area contributed by atoms with Crippen molar-refractivity contribution >= 4 is 31.9 Å². The van der Waals surface area contributed by atoms with E-state index in [-0.39, 0.29) is 5.41 Å². The van der Waals surface area contributed by atoms with Gasteiger partial charge in [0.2, 0.25) is 0 Å². The van der Waals surface area contributed by atoms with Crippen molar-refractivity contribution in [3.8, 4) is 11.1 Å². The van der Waals surface area contributed by atoms with Crippen LogP contribution in [0.15, 0.2) is 93.9 Å². The lowest BCUT2D eigenvalue weighted by Gasteiger charge is -2.36. The van der Waals surface area contributed by atoms with Crippen LogP contribution in [0.1, 0.15) is 33.4 Å². The van der Waals surface area contributed by atoms with Crippen molar-refractivity contribution in [2.45, 2.75) is 19.3 Å². The second-order valence-electron chi connectivity index (χ2n) is 7.76. The van der Waals surface area contributed by atoms with E-state index in [4.69, 9.17) is 0 Å². The highest BCUT2D eigenvalue weighted by molar-refractivity contribution is 9.10. The largest absolute Gasteiger partial charge is 0.0719 e. The van der Waals surface area contributed by atoms with Crippen molar-refractivity contribution < 1.29 is 0 Å². The lowest BCUT2D eigenvalue weighted by Crippen LogP contribution is -2.30. The summed E-state index contributed by atoms with van der Waals surface area (Å²) < 4.78 is 2.22. The molecule has 0 saturated heterocycles. The van der Waals surface area contributed by atoms with E-state index in [0.29, 0.717) is 0 Å². The fraction of sp³-hybridized carbons (Fsp3) is 0.111. The van der Waals surface area contributed by atoms with E-state index in [0.717, 1.165) is 8.95 Å². The number of hydrogen-bond donors (Lipinski definition) is 0. The molecule has 0 bridgehead atoms. The normalized spacial score (nSPS) is 13.8. The maximum absolute atomic E-state index is 3.74. The minimum Gasteiger partial charge on any atom is -0.0619 e. The maximum atomic E-state index is 3.74. The van der Waals surface area contributed by atoms with E-state index in [1.165, 1.54) is 44.5 Å². The standard InChI is InChI=1S/C27H20Br2/c1-17-11-12-20(29)16-26(17)27(23-14-13-19(28)15-18(23)2)24-9-5-3-7-21(24)22-8-4-6-10-25(22)27/h3-16H,1-2H3. The summed E-state index contributed by atoms with van der Waals surface area (Å²) in [6.07, 6.45) is 0. The van der Waals surface area contributed by atoms with Gasteiger partial charge in [-0.3, -0.25) is 0 Å². The zero-order valence-corrected chi connectivity index (χ0v) is 19.5. The molecule has 0 N–H and O–H groups in total. The first-order valence-electron chi connectivity index (χ1n) is 9.76. The van der Waals surface area contributed by atoms with Gasteiger partial charge in [-0.1, -0.05) is 92.5 Å². The molecule has 1 aliphatic carbocycles. The summed E-state index contributed by atoms with van der Waals surface area (Å²) in [7, 11) is 0. The van der Waals surface area contributed by atoms with Gasteiger partial charge in [0.05, 0.1) is 5.41 Å². The fourth-order valence-electron chi connectivity index (χ4n) is 5.01. The zero-order valence-electron chi connectivity index (χ0n) is 16.3. The second-order valence-corrected chi connectivity index (χ2v) is 9.59. The third-order valence-corrected chi connectivity index (χ3v) is 7.13. The van der Waals surface area contributed by atoms with Crippen molar-refractivity contribution in [3.63, 3.8) is 0 Å². The van der Waals surface area contributed by atoms with Crippen LogP contribution in [0, 0.1) is 13.8 Å². The molecule has 0 unspecified atom stereocenters.